The highest BCUT2D eigenvalue weighted by Gasteiger charge is 2.16. The van der Waals surface area contributed by atoms with E-state index in [9.17, 15) is 12.3 Å². The lowest BCUT2D eigenvalue weighted by atomic mass is 10.5. The molecule has 0 saturated carbocycles. The number of rotatable bonds is 1. The smallest absolute Gasteiger partial charge is 0.243 e. The van der Waals surface area contributed by atoms with Gasteiger partial charge in [-0.2, -0.15) is 8.42 Å². The maximum Gasteiger partial charge on any atom is 0.333 e. The lowest BCUT2D eigenvalue weighted by Crippen LogP contribution is -1.94. The van der Waals surface area contributed by atoms with Gasteiger partial charge in [-0.1, -0.05) is 11.6 Å². The normalized spacial score (nSPS) is 11.6. The van der Waals surface area contributed by atoms with E-state index in [0.717, 1.165) is 12.3 Å². The van der Waals surface area contributed by atoms with Gasteiger partial charge in [0.15, 0.2) is 0 Å². The molecule has 3 nitrogen and oxygen atoms in total. The summed E-state index contributed by atoms with van der Waals surface area (Å²) in [5.41, 5.74) is 0. The topological polar surface area (TPSA) is 47.0 Å². The van der Waals surface area contributed by atoms with E-state index in [0.29, 0.717) is 0 Å². The first-order valence-corrected chi connectivity index (χ1v) is 5.22. The third-order valence-corrected chi connectivity index (χ3v) is 3.01. The maximum atomic E-state index is 12.4. The summed E-state index contributed by atoms with van der Waals surface area (Å²) in [5.74, 6) is 0. The van der Waals surface area contributed by atoms with Gasteiger partial charge in [-0.25, -0.2) is 4.98 Å². The number of hydrogen-bond donors (Lipinski definition) is 0. The zero-order valence-corrected chi connectivity index (χ0v) is 8.62. The highest BCUT2D eigenvalue weighted by Crippen LogP contribution is 2.24. The van der Waals surface area contributed by atoms with E-state index in [-0.39, 0.29) is 9.63 Å². The molecule has 0 N–H and O–H groups in total. The van der Waals surface area contributed by atoms with Crippen molar-refractivity contribution >= 4 is 37.8 Å². The second-order valence-electron chi connectivity index (χ2n) is 1.88. The number of halogens is 3. The molecule has 66 valence electrons. The predicted molar refractivity (Wildman–Crippen MR) is 45.2 cm³/mol. The van der Waals surface area contributed by atoms with Crippen LogP contribution in [0.15, 0.2) is 21.6 Å². The van der Waals surface area contributed by atoms with Crippen LogP contribution in [0.1, 0.15) is 0 Å². The molecule has 0 aliphatic carbocycles. The van der Waals surface area contributed by atoms with Crippen molar-refractivity contribution < 1.29 is 12.3 Å². The largest absolute Gasteiger partial charge is 0.333 e. The molecule has 0 aromatic carbocycles. The first-order chi connectivity index (χ1) is 5.41. The van der Waals surface area contributed by atoms with Gasteiger partial charge in [0.05, 0.1) is 4.47 Å². The second kappa shape index (κ2) is 3.27. The Morgan fingerprint density at radius 1 is 1.58 bits per heavy atom. The van der Waals surface area contributed by atoms with Gasteiger partial charge < -0.3 is 0 Å². The SMILES string of the molecule is O=S(=O)(F)c1cc(Cl)ncc1Br. The molecular formula is C5H2BrClFNO2S. The van der Waals surface area contributed by atoms with Crippen molar-refractivity contribution in [2.24, 2.45) is 0 Å². The van der Waals surface area contributed by atoms with Crippen LogP contribution in [0.2, 0.25) is 5.15 Å². The molecule has 12 heavy (non-hydrogen) atoms. The van der Waals surface area contributed by atoms with Crippen LogP contribution in [0.3, 0.4) is 0 Å². The molecule has 0 aliphatic heterocycles. The predicted octanol–water partition coefficient (Wildman–Crippen LogP) is 2.16. The molecule has 0 amide bonds. The average Bonchev–Trinajstić information content (AvgIpc) is 1.92. The van der Waals surface area contributed by atoms with Crippen molar-refractivity contribution in [3.8, 4) is 0 Å². The Morgan fingerprint density at radius 2 is 2.17 bits per heavy atom. The number of aromatic nitrogens is 1. The van der Waals surface area contributed by atoms with Gasteiger partial charge in [0.25, 0.3) is 0 Å². The van der Waals surface area contributed by atoms with E-state index in [4.69, 9.17) is 11.6 Å². The molecule has 1 aromatic rings. The van der Waals surface area contributed by atoms with Gasteiger partial charge in [0, 0.05) is 6.20 Å². The van der Waals surface area contributed by atoms with Crippen LogP contribution < -0.4 is 0 Å². The molecule has 0 spiro atoms. The number of pyridine rings is 1. The van der Waals surface area contributed by atoms with Crippen LogP contribution in [0.4, 0.5) is 3.89 Å². The minimum atomic E-state index is -4.73. The van der Waals surface area contributed by atoms with Crippen LogP contribution in [0, 0.1) is 0 Å². The van der Waals surface area contributed by atoms with E-state index in [1.807, 2.05) is 0 Å². The summed E-state index contributed by atoms with van der Waals surface area (Å²) in [6.07, 6.45) is 1.12. The Hall–Kier alpha value is -0.200. The van der Waals surface area contributed by atoms with Crippen LogP contribution in [0.25, 0.3) is 0 Å². The first-order valence-electron chi connectivity index (χ1n) is 2.67. The van der Waals surface area contributed by atoms with Gasteiger partial charge in [-0.15, -0.1) is 3.89 Å². The van der Waals surface area contributed by atoms with E-state index >= 15 is 0 Å². The van der Waals surface area contributed by atoms with E-state index in [2.05, 4.69) is 20.9 Å². The molecule has 0 atom stereocenters. The number of hydrogen-bond acceptors (Lipinski definition) is 3. The van der Waals surface area contributed by atoms with Gasteiger partial charge in [0.1, 0.15) is 10.0 Å². The van der Waals surface area contributed by atoms with Crippen LogP contribution in [-0.4, -0.2) is 13.4 Å². The molecular weight excluding hydrogens is 272 g/mol. The quantitative estimate of drug-likeness (QED) is 0.582. The van der Waals surface area contributed by atoms with E-state index in [1.54, 1.807) is 0 Å². The van der Waals surface area contributed by atoms with Crippen molar-refractivity contribution in [3.63, 3.8) is 0 Å². The van der Waals surface area contributed by atoms with Crippen molar-refractivity contribution in [1.82, 2.24) is 4.98 Å². The fourth-order valence-corrected chi connectivity index (χ4v) is 2.14. The molecule has 0 radical (unpaired) electrons. The second-order valence-corrected chi connectivity index (χ2v) is 4.43. The maximum absolute atomic E-state index is 12.4. The summed E-state index contributed by atoms with van der Waals surface area (Å²) < 4.78 is 33.3. The molecule has 1 heterocycles. The summed E-state index contributed by atoms with van der Waals surface area (Å²) in [4.78, 5) is 3.03. The summed E-state index contributed by atoms with van der Waals surface area (Å²) in [6.45, 7) is 0. The van der Waals surface area contributed by atoms with Gasteiger partial charge in [0.2, 0.25) is 0 Å². The van der Waals surface area contributed by atoms with Crippen molar-refractivity contribution in [3.05, 3.63) is 21.9 Å². The van der Waals surface area contributed by atoms with Crippen LogP contribution >= 0.6 is 27.5 Å². The minimum Gasteiger partial charge on any atom is -0.243 e. The highest BCUT2D eigenvalue weighted by atomic mass is 79.9. The van der Waals surface area contributed by atoms with Crippen LogP contribution in [-0.2, 0) is 10.2 Å². The van der Waals surface area contributed by atoms with E-state index in [1.165, 1.54) is 0 Å². The monoisotopic (exact) mass is 273 g/mol. The first kappa shape index (κ1) is 9.88. The van der Waals surface area contributed by atoms with Crippen molar-refractivity contribution in [2.75, 3.05) is 0 Å². The third-order valence-electron chi connectivity index (χ3n) is 1.05. The van der Waals surface area contributed by atoms with Crippen LogP contribution in [0.5, 0.6) is 0 Å². The van der Waals surface area contributed by atoms with Gasteiger partial charge in [-0.05, 0) is 22.0 Å². The van der Waals surface area contributed by atoms with E-state index < -0.39 is 15.1 Å². The Labute approximate surface area is 81.9 Å². The summed E-state index contributed by atoms with van der Waals surface area (Å²) in [5, 5.41) is -0.0746. The summed E-state index contributed by atoms with van der Waals surface area (Å²) >= 11 is 8.19. The lowest BCUT2D eigenvalue weighted by molar-refractivity contribution is 0.551. The van der Waals surface area contributed by atoms with Crippen molar-refractivity contribution in [2.45, 2.75) is 4.90 Å². The Balaban J connectivity index is 3.43. The standard InChI is InChI=1S/C5H2BrClFNO2S/c6-3-2-9-5(7)1-4(3)12(8,10)11/h1-2H. The summed E-state index contributed by atoms with van der Waals surface area (Å²) in [7, 11) is -4.73. The highest BCUT2D eigenvalue weighted by molar-refractivity contribution is 9.10. The Morgan fingerprint density at radius 3 is 2.58 bits per heavy atom. The zero-order chi connectivity index (χ0) is 9.35. The van der Waals surface area contributed by atoms with Gasteiger partial charge >= 0.3 is 10.2 Å². The molecule has 0 unspecified atom stereocenters. The minimum absolute atomic E-state index is 0.0504. The fraction of sp³-hybridized carbons (Fsp3) is 0. The lowest BCUT2D eigenvalue weighted by Gasteiger charge is -1.97. The molecule has 1 aromatic heterocycles. The fourth-order valence-electron chi connectivity index (χ4n) is 0.583. The third kappa shape index (κ3) is 2.15. The molecule has 7 heteroatoms. The number of nitrogens with zero attached hydrogens (tertiary/aromatic N) is 1. The molecule has 0 aliphatic rings. The molecule has 0 saturated heterocycles. The average molecular weight is 274 g/mol. The Bertz CT molecular complexity index is 408. The zero-order valence-electron chi connectivity index (χ0n) is 5.46. The van der Waals surface area contributed by atoms with Gasteiger partial charge in [-0.3, -0.25) is 0 Å². The van der Waals surface area contributed by atoms with Crippen molar-refractivity contribution in [1.29, 1.82) is 0 Å². The summed E-state index contributed by atoms with van der Waals surface area (Å²) in [6, 6.07) is 0.932. The Kier molecular flexibility index (Phi) is 2.70. The molecule has 0 fully saturated rings. The molecule has 1 rings (SSSR count). The molecule has 0 bridgehead atoms.